The van der Waals surface area contributed by atoms with Gasteiger partial charge in [-0.3, -0.25) is 0 Å². The molecule has 11 rings (SSSR count). The third kappa shape index (κ3) is 6.97. The summed E-state index contributed by atoms with van der Waals surface area (Å²) in [4.78, 5) is 22.3. The third-order valence-corrected chi connectivity index (χ3v) is 12.4. The first-order valence-corrected chi connectivity index (χ1v) is 21.2. The lowest BCUT2D eigenvalue weighted by Crippen LogP contribution is -2.00. The van der Waals surface area contributed by atoms with Crippen LogP contribution in [0.4, 0.5) is 0 Å². The molecule has 0 fully saturated rings. The van der Waals surface area contributed by atoms with E-state index in [2.05, 4.69) is 206 Å². The monoisotopic (exact) mass is 796 g/mol. The summed E-state index contributed by atoms with van der Waals surface area (Å²) in [6.07, 6.45) is 0. The van der Waals surface area contributed by atoms with Crippen molar-refractivity contribution in [2.24, 2.45) is 0 Å². The molecule has 5 heteroatoms. The molecule has 0 spiro atoms. The van der Waals surface area contributed by atoms with Gasteiger partial charge in [-0.2, -0.15) is 0 Å². The summed E-state index contributed by atoms with van der Waals surface area (Å²) >= 11 is 1.84. The van der Waals surface area contributed by atoms with Crippen LogP contribution in [0.25, 0.3) is 110 Å². The SMILES string of the molecule is c1ccc(-c2cccc(-c3nc(-c4cccc(-c5ccccc5)c4)nc(-c4cccc(-c5nc6ccccc6c6sc(-c7ccccc7)c(-c7ccccc7)c56)c4)n3)c2)cc1. The average molecular weight is 797 g/mol. The van der Waals surface area contributed by atoms with Gasteiger partial charge in [-0.25, -0.2) is 19.9 Å². The number of fused-ring (bicyclic) bond motifs is 3. The van der Waals surface area contributed by atoms with E-state index in [4.69, 9.17) is 19.9 Å². The zero-order chi connectivity index (χ0) is 40.5. The standard InChI is InChI=1S/C56H36N4S/c1-5-18-37(19-6-1)41-26-15-29-44(34-41)54-58-55(45-30-16-27-42(35-45)38-20-7-2-8-21-38)60-56(59-54)46-31-17-28-43(36-46)51-50-49(39-22-9-3-10-23-39)52(40-24-11-4-12-25-40)61-53(50)47-32-13-14-33-48(47)57-51/h1-36H. The van der Waals surface area contributed by atoms with Crippen molar-refractivity contribution in [1.29, 1.82) is 0 Å². The minimum atomic E-state index is 0.590. The molecule has 0 amide bonds. The Balaban J connectivity index is 1.12. The van der Waals surface area contributed by atoms with E-state index < -0.39 is 0 Å². The molecule has 0 aliphatic heterocycles. The molecular weight excluding hydrogens is 761 g/mol. The quantitative estimate of drug-likeness (QED) is 0.154. The Kier molecular flexibility index (Phi) is 9.34. The summed E-state index contributed by atoms with van der Waals surface area (Å²) < 4.78 is 1.21. The Morgan fingerprint density at radius 3 is 1.21 bits per heavy atom. The molecular formula is C56H36N4S. The minimum Gasteiger partial charge on any atom is -0.247 e. The van der Waals surface area contributed by atoms with Crippen LogP contribution in [0.1, 0.15) is 0 Å². The van der Waals surface area contributed by atoms with Crippen LogP contribution in [0.3, 0.4) is 0 Å². The average Bonchev–Trinajstić information content (AvgIpc) is 3.76. The van der Waals surface area contributed by atoms with Crippen molar-refractivity contribution in [1.82, 2.24) is 19.9 Å². The first-order chi connectivity index (χ1) is 30.2. The summed E-state index contributed by atoms with van der Waals surface area (Å²) in [6, 6.07) is 76.1. The maximum atomic E-state index is 5.46. The Labute approximate surface area is 358 Å². The number of nitrogens with zero attached hydrogens (tertiary/aromatic N) is 4. The van der Waals surface area contributed by atoms with E-state index in [0.717, 1.165) is 72.1 Å². The van der Waals surface area contributed by atoms with Crippen LogP contribution in [-0.4, -0.2) is 19.9 Å². The summed E-state index contributed by atoms with van der Waals surface area (Å²) in [7, 11) is 0. The molecule has 61 heavy (non-hydrogen) atoms. The molecule has 4 nitrogen and oxygen atoms in total. The lowest BCUT2D eigenvalue weighted by molar-refractivity contribution is 1.07. The summed E-state index contributed by atoms with van der Waals surface area (Å²) in [5.41, 5.74) is 13.6. The minimum absolute atomic E-state index is 0.590. The number of hydrogen-bond acceptors (Lipinski definition) is 5. The van der Waals surface area contributed by atoms with Crippen LogP contribution in [0.2, 0.25) is 0 Å². The number of aromatic nitrogens is 4. The van der Waals surface area contributed by atoms with E-state index in [1.165, 1.54) is 20.7 Å². The molecule has 3 aromatic heterocycles. The lowest BCUT2D eigenvalue weighted by atomic mass is 9.94. The van der Waals surface area contributed by atoms with E-state index >= 15 is 0 Å². The molecule has 0 bridgehead atoms. The third-order valence-electron chi connectivity index (χ3n) is 11.1. The maximum Gasteiger partial charge on any atom is 0.164 e. The molecule has 0 aliphatic carbocycles. The lowest BCUT2D eigenvalue weighted by Gasteiger charge is -2.13. The van der Waals surface area contributed by atoms with E-state index in [-0.39, 0.29) is 0 Å². The fourth-order valence-electron chi connectivity index (χ4n) is 8.17. The molecule has 0 aliphatic rings. The fraction of sp³-hybridized carbons (Fsp3) is 0. The van der Waals surface area contributed by atoms with Gasteiger partial charge < -0.3 is 0 Å². The molecule has 0 saturated heterocycles. The number of rotatable bonds is 8. The molecule has 0 unspecified atom stereocenters. The Morgan fingerprint density at radius 2 is 0.689 bits per heavy atom. The highest BCUT2D eigenvalue weighted by Crippen LogP contribution is 2.50. The molecule has 0 radical (unpaired) electrons. The van der Waals surface area contributed by atoms with E-state index in [0.29, 0.717) is 17.5 Å². The van der Waals surface area contributed by atoms with Crippen molar-refractivity contribution in [3.05, 3.63) is 218 Å². The predicted octanol–water partition coefficient (Wildman–Crippen LogP) is 15.0. The molecule has 0 saturated carbocycles. The van der Waals surface area contributed by atoms with Crippen LogP contribution >= 0.6 is 11.3 Å². The Morgan fingerprint density at radius 1 is 0.295 bits per heavy atom. The van der Waals surface area contributed by atoms with Gasteiger partial charge in [0.05, 0.1) is 11.2 Å². The van der Waals surface area contributed by atoms with Gasteiger partial charge in [-0.15, -0.1) is 11.3 Å². The zero-order valence-electron chi connectivity index (χ0n) is 33.0. The number of benzene rings is 8. The predicted molar refractivity (Wildman–Crippen MR) is 254 cm³/mol. The normalized spacial score (nSPS) is 11.3. The van der Waals surface area contributed by atoms with Crippen molar-refractivity contribution in [2.75, 3.05) is 0 Å². The first-order valence-electron chi connectivity index (χ1n) is 20.4. The van der Waals surface area contributed by atoms with Gasteiger partial charge >= 0.3 is 0 Å². The first kappa shape index (κ1) is 36.2. The molecule has 0 atom stereocenters. The van der Waals surface area contributed by atoms with Crippen LogP contribution in [0.15, 0.2) is 218 Å². The number of hydrogen-bond donors (Lipinski definition) is 0. The van der Waals surface area contributed by atoms with Gasteiger partial charge in [-0.1, -0.05) is 194 Å². The Hall–Kier alpha value is -7.86. The van der Waals surface area contributed by atoms with Gasteiger partial charge in [0.1, 0.15) is 0 Å². The van der Waals surface area contributed by atoms with Crippen LogP contribution in [-0.2, 0) is 0 Å². The van der Waals surface area contributed by atoms with Crippen molar-refractivity contribution in [3.63, 3.8) is 0 Å². The highest BCUT2D eigenvalue weighted by Gasteiger charge is 2.23. The second-order valence-electron chi connectivity index (χ2n) is 15.0. The van der Waals surface area contributed by atoms with E-state index in [9.17, 15) is 0 Å². The van der Waals surface area contributed by atoms with E-state index in [1.54, 1.807) is 0 Å². The summed E-state index contributed by atoms with van der Waals surface area (Å²) in [5.74, 6) is 1.81. The topological polar surface area (TPSA) is 51.6 Å². The van der Waals surface area contributed by atoms with Gasteiger partial charge in [0, 0.05) is 48.2 Å². The smallest absolute Gasteiger partial charge is 0.164 e. The van der Waals surface area contributed by atoms with Crippen LogP contribution < -0.4 is 0 Å². The number of para-hydroxylation sites is 1. The fourth-order valence-corrected chi connectivity index (χ4v) is 9.54. The second kappa shape index (κ2) is 15.7. The van der Waals surface area contributed by atoms with Gasteiger partial charge in [0.2, 0.25) is 0 Å². The van der Waals surface area contributed by atoms with Crippen LogP contribution in [0, 0.1) is 0 Å². The maximum absolute atomic E-state index is 5.46. The summed E-state index contributed by atoms with van der Waals surface area (Å²) in [5, 5.41) is 2.28. The van der Waals surface area contributed by atoms with Crippen molar-refractivity contribution in [3.8, 4) is 89.2 Å². The summed E-state index contributed by atoms with van der Waals surface area (Å²) in [6.45, 7) is 0. The number of thiophene rings is 1. The highest BCUT2D eigenvalue weighted by atomic mass is 32.1. The van der Waals surface area contributed by atoms with Crippen LogP contribution in [0.5, 0.6) is 0 Å². The Bertz CT molecular complexity index is 3240. The molecule has 3 heterocycles. The van der Waals surface area contributed by atoms with Gasteiger partial charge in [-0.05, 0) is 57.6 Å². The number of pyridine rings is 1. The van der Waals surface area contributed by atoms with Crippen molar-refractivity contribution < 1.29 is 0 Å². The van der Waals surface area contributed by atoms with Gasteiger partial charge in [0.15, 0.2) is 17.5 Å². The van der Waals surface area contributed by atoms with Crippen molar-refractivity contribution >= 4 is 32.3 Å². The van der Waals surface area contributed by atoms with Gasteiger partial charge in [0.25, 0.3) is 0 Å². The largest absolute Gasteiger partial charge is 0.247 e. The van der Waals surface area contributed by atoms with E-state index in [1.807, 2.05) is 23.5 Å². The molecule has 8 aromatic carbocycles. The molecule has 286 valence electrons. The van der Waals surface area contributed by atoms with Crippen molar-refractivity contribution in [2.45, 2.75) is 0 Å². The molecule has 0 N–H and O–H groups in total. The molecule has 11 aromatic rings. The second-order valence-corrected chi connectivity index (χ2v) is 16.0. The highest BCUT2D eigenvalue weighted by molar-refractivity contribution is 7.24. The zero-order valence-corrected chi connectivity index (χ0v) is 33.8.